The van der Waals surface area contributed by atoms with Crippen LogP contribution in [0.4, 0.5) is 11.4 Å². The maximum absolute atomic E-state index is 12.7. The fourth-order valence-electron chi connectivity index (χ4n) is 4.00. The van der Waals surface area contributed by atoms with Gasteiger partial charge in [0.05, 0.1) is 22.2 Å². The summed E-state index contributed by atoms with van der Waals surface area (Å²) in [4.78, 5) is 19.3. The van der Waals surface area contributed by atoms with Gasteiger partial charge in [0.15, 0.2) is 0 Å². The number of anilines is 2. The van der Waals surface area contributed by atoms with Crippen LogP contribution in [0.25, 0.3) is 0 Å². The molecule has 0 unspecified atom stereocenters. The summed E-state index contributed by atoms with van der Waals surface area (Å²) in [7, 11) is -3.49. The highest BCUT2D eigenvalue weighted by Crippen LogP contribution is 2.29. The van der Waals surface area contributed by atoms with Gasteiger partial charge in [-0.25, -0.2) is 13.4 Å². The predicted octanol–water partition coefficient (Wildman–Crippen LogP) is 3.59. The van der Waals surface area contributed by atoms with E-state index in [1.807, 2.05) is 24.3 Å². The quantitative estimate of drug-likeness (QED) is 0.636. The minimum atomic E-state index is -3.49. The molecule has 4 rings (SSSR count). The molecule has 2 saturated heterocycles. The molecule has 31 heavy (non-hydrogen) atoms. The van der Waals surface area contributed by atoms with Gasteiger partial charge in [-0.3, -0.25) is 4.79 Å². The van der Waals surface area contributed by atoms with Gasteiger partial charge in [-0.15, -0.1) is 0 Å². The summed E-state index contributed by atoms with van der Waals surface area (Å²) >= 11 is 1.30. The molecule has 2 aliphatic heterocycles. The molecular formula is C22H28N4O3S2. The summed E-state index contributed by atoms with van der Waals surface area (Å²) in [6.45, 7) is 3.16. The number of benzene rings is 1. The zero-order valence-corrected chi connectivity index (χ0v) is 19.1. The molecule has 9 heteroatoms. The number of nitrogens with one attached hydrogen (secondary N) is 1. The summed E-state index contributed by atoms with van der Waals surface area (Å²) in [5, 5.41) is 3.63. The van der Waals surface area contributed by atoms with Gasteiger partial charge in [-0.1, -0.05) is 30.3 Å². The van der Waals surface area contributed by atoms with Crippen molar-refractivity contribution in [2.24, 2.45) is 0 Å². The maximum atomic E-state index is 12.7. The number of aromatic nitrogens is 1. The van der Waals surface area contributed by atoms with E-state index >= 15 is 0 Å². The summed E-state index contributed by atoms with van der Waals surface area (Å²) in [6.07, 6.45) is 6.62. The molecule has 1 N–H and O–H groups in total. The highest BCUT2D eigenvalue weighted by atomic mass is 32.2. The van der Waals surface area contributed by atoms with Crippen molar-refractivity contribution < 1.29 is 13.2 Å². The molecule has 1 aromatic carbocycles. The van der Waals surface area contributed by atoms with Crippen LogP contribution in [0, 0.1) is 0 Å². The van der Waals surface area contributed by atoms with E-state index in [0.29, 0.717) is 18.1 Å². The highest BCUT2D eigenvalue weighted by Gasteiger charge is 2.26. The van der Waals surface area contributed by atoms with Crippen molar-refractivity contribution in [3.8, 4) is 0 Å². The lowest BCUT2D eigenvalue weighted by molar-refractivity contribution is -0.113. The van der Waals surface area contributed by atoms with E-state index in [-0.39, 0.29) is 16.6 Å². The molecule has 3 heterocycles. The smallest absolute Gasteiger partial charge is 0.244 e. The SMILES string of the molecule is O=C(CSc1ccc(S(=O)(=O)N2CCCCC2)cn1)Nc1ccccc1N1CCCC1. The van der Waals surface area contributed by atoms with Crippen LogP contribution in [0.5, 0.6) is 0 Å². The summed E-state index contributed by atoms with van der Waals surface area (Å²) in [6, 6.07) is 11.1. The van der Waals surface area contributed by atoms with Crippen LogP contribution in [0.3, 0.4) is 0 Å². The molecule has 1 aromatic heterocycles. The second kappa shape index (κ2) is 10.0. The Kier molecular flexibility index (Phi) is 7.14. The topological polar surface area (TPSA) is 82.6 Å². The van der Waals surface area contributed by atoms with Gasteiger partial charge in [0.1, 0.15) is 4.90 Å². The molecule has 0 atom stereocenters. The van der Waals surface area contributed by atoms with Gasteiger partial charge in [-0.2, -0.15) is 4.31 Å². The number of carbonyl (C=O) groups excluding carboxylic acids is 1. The fourth-order valence-corrected chi connectivity index (χ4v) is 6.10. The third kappa shape index (κ3) is 5.39. The lowest BCUT2D eigenvalue weighted by Gasteiger charge is -2.25. The van der Waals surface area contributed by atoms with Crippen molar-refractivity contribution in [1.82, 2.24) is 9.29 Å². The Morgan fingerprint density at radius 2 is 1.68 bits per heavy atom. The Morgan fingerprint density at radius 1 is 0.968 bits per heavy atom. The van der Waals surface area contributed by atoms with Gasteiger partial charge in [0.25, 0.3) is 0 Å². The Hall–Kier alpha value is -2.10. The van der Waals surface area contributed by atoms with Crippen LogP contribution in [-0.2, 0) is 14.8 Å². The highest BCUT2D eigenvalue weighted by molar-refractivity contribution is 7.99. The number of rotatable bonds is 7. The first-order valence-electron chi connectivity index (χ1n) is 10.8. The minimum Gasteiger partial charge on any atom is -0.370 e. The number of pyridine rings is 1. The predicted molar refractivity (Wildman–Crippen MR) is 124 cm³/mol. The number of sulfonamides is 1. The Balaban J connectivity index is 1.34. The fraction of sp³-hybridized carbons (Fsp3) is 0.455. The number of thioether (sulfide) groups is 1. The molecule has 0 spiro atoms. The molecule has 166 valence electrons. The van der Waals surface area contributed by atoms with E-state index in [0.717, 1.165) is 43.7 Å². The first-order chi connectivity index (χ1) is 15.0. The molecule has 2 aromatic rings. The van der Waals surface area contributed by atoms with Crippen molar-refractivity contribution in [3.63, 3.8) is 0 Å². The molecule has 0 saturated carbocycles. The number of hydrogen-bond acceptors (Lipinski definition) is 6. The molecule has 2 fully saturated rings. The summed E-state index contributed by atoms with van der Waals surface area (Å²) in [5.74, 6) is 0.1000. The summed E-state index contributed by atoms with van der Waals surface area (Å²) < 4.78 is 27.0. The Bertz CT molecular complexity index is 1000. The van der Waals surface area contributed by atoms with E-state index in [1.165, 1.54) is 35.1 Å². The lowest BCUT2D eigenvalue weighted by Crippen LogP contribution is -2.35. The van der Waals surface area contributed by atoms with Gasteiger partial charge in [-0.05, 0) is 49.9 Å². The average Bonchev–Trinajstić information content (AvgIpc) is 3.34. The maximum Gasteiger partial charge on any atom is 0.244 e. The molecule has 2 aliphatic rings. The van der Waals surface area contributed by atoms with Crippen molar-refractivity contribution in [3.05, 3.63) is 42.6 Å². The molecule has 7 nitrogen and oxygen atoms in total. The van der Waals surface area contributed by atoms with Crippen LogP contribution in [0.15, 0.2) is 52.5 Å². The number of carbonyl (C=O) groups is 1. The van der Waals surface area contributed by atoms with Crippen molar-refractivity contribution >= 4 is 39.1 Å². The van der Waals surface area contributed by atoms with Gasteiger partial charge < -0.3 is 10.2 Å². The van der Waals surface area contributed by atoms with Gasteiger partial charge in [0.2, 0.25) is 15.9 Å². The van der Waals surface area contributed by atoms with E-state index in [4.69, 9.17) is 0 Å². The standard InChI is InChI=1S/C22H28N4O3S2/c27-21(24-19-8-2-3-9-20(19)25-12-6-7-13-25)17-30-22-11-10-18(16-23-22)31(28,29)26-14-4-1-5-15-26/h2-3,8-11,16H,1,4-7,12-15,17H2,(H,24,27). The average molecular weight is 461 g/mol. The van der Waals surface area contributed by atoms with Gasteiger partial charge >= 0.3 is 0 Å². The number of amides is 1. The van der Waals surface area contributed by atoms with Crippen LogP contribution >= 0.6 is 11.8 Å². The van der Waals surface area contributed by atoms with Crippen LogP contribution in [-0.4, -0.2) is 55.5 Å². The normalized spacial score (nSPS) is 17.6. The molecule has 0 radical (unpaired) electrons. The zero-order valence-electron chi connectivity index (χ0n) is 17.5. The minimum absolute atomic E-state index is 0.108. The first-order valence-corrected chi connectivity index (χ1v) is 13.2. The third-order valence-corrected chi connectivity index (χ3v) is 8.46. The van der Waals surface area contributed by atoms with Crippen molar-refractivity contribution in [2.45, 2.75) is 42.0 Å². The van der Waals surface area contributed by atoms with Crippen molar-refractivity contribution in [1.29, 1.82) is 0 Å². The van der Waals surface area contributed by atoms with E-state index in [1.54, 1.807) is 12.1 Å². The van der Waals surface area contributed by atoms with E-state index < -0.39 is 10.0 Å². The van der Waals surface area contributed by atoms with Crippen LogP contribution in [0.1, 0.15) is 32.1 Å². The Morgan fingerprint density at radius 3 is 2.39 bits per heavy atom. The second-order valence-electron chi connectivity index (χ2n) is 7.85. The summed E-state index contributed by atoms with van der Waals surface area (Å²) in [5.41, 5.74) is 1.88. The number of piperidine rings is 1. The van der Waals surface area contributed by atoms with Crippen molar-refractivity contribution in [2.75, 3.05) is 42.1 Å². The zero-order chi connectivity index (χ0) is 21.7. The number of nitrogens with zero attached hydrogens (tertiary/aromatic N) is 3. The molecule has 1 amide bonds. The van der Waals surface area contributed by atoms with Gasteiger partial charge in [0, 0.05) is 32.4 Å². The van der Waals surface area contributed by atoms with E-state index in [9.17, 15) is 13.2 Å². The van der Waals surface area contributed by atoms with Crippen LogP contribution in [0.2, 0.25) is 0 Å². The lowest BCUT2D eigenvalue weighted by atomic mass is 10.2. The number of para-hydroxylation sites is 2. The molecule has 0 bridgehead atoms. The Labute approximate surface area is 188 Å². The first kappa shape index (κ1) is 22.1. The molecule has 0 aliphatic carbocycles. The monoisotopic (exact) mass is 460 g/mol. The van der Waals surface area contributed by atoms with Crippen LogP contribution < -0.4 is 10.2 Å². The number of hydrogen-bond donors (Lipinski definition) is 1. The molecular weight excluding hydrogens is 432 g/mol. The second-order valence-corrected chi connectivity index (χ2v) is 10.8. The third-order valence-electron chi connectivity index (χ3n) is 5.64. The van der Waals surface area contributed by atoms with E-state index in [2.05, 4.69) is 15.2 Å². The largest absolute Gasteiger partial charge is 0.370 e.